The van der Waals surface area contributed by atoms with Crippen molar-refractivity contribution in [3.05, 3.63) is 53.9 Å². The summed E-state index contributed by atoms with van der Waals surface area (Å²) in [6.45, 7) is 4.51. The average molecular weight is 223 g/mol. The monoisotopic (exact) mass is 223 g/mol. The Morgan fingerprint density at radius 1 is 1.06 bits per heavy atom. The molecule has 86 valence electrons. The fraction of sp³-hybridized carbons (Fsp3) is 0.312. The predicted molar refractivity (Wildman–Crippen MR) is 71.0 cm³/mol. The van der Waals surface area contributed by atoms with E-state index in [2.05, 4.69) is 55.4 Å². The van der Waals surface area contributed by atoms with E-state index in [0.717, 1.165) is 0 Å². The molecule has 1 nitrogen and oxygen atoms in total. The van der Waals surface area contributed by atoms with Gasteiger partial charge in [0.15, 0.2) is 0 Å². The lowest BCUT2D eigenvalue weighted by Crippen LogP contribution is -2.03. The second kappa shape index (κ2) is 3.69. The fourth-order valence-electron chi connectivity index (χ4n) is 2.44. The van der Waals surface area contributed by atoms with E-state index in [4.69, 9.17) is 0 Å². The molecule has 0 radical (unpaired) electrons. The Hall–Kier alpha value is -1.63. The molecular formula is C16H17N. The van der Waals surface area contributed by atoms with Gasteiger partial charge in [-0.15, -0.1) is 0 Å². The highest BCUT2D eigenvalue weighted by Crippen LogP contribution is 2.50. The molecule has 0 bridgehead atoms. The second-order valence-electron chi connectivity index (χ2n) is 5.30. The summed E-state index contributed by atoms with van der Waals surface area (Å²) in [4.78, 5) is 4.31. The van der Waals surface area contributed by atoms with Gasteiger partial charge in [-0.1, -0.05) is 31.2 Å². The second-order valence-corrected chi connectivity index (χ2v) is 5.30. The van der Waals surface area contributed by atoms with Crippen molar-refractivity contribution in [1.82, 2.24) is 4.98 Å². The van der Waals surface area contributed by atoms with E-state index in [9.17, 15) is 0 Å². The first-order valence-electron chi connectivity index (χ1n) is 6.21. The maximum absolute atomic E-state index is 4.31. The smallest absolute Gasteiger partial charge is 0.0311 e. The van der Waals surface area contributed by atoms with Crippen LogP contribution in [0.4, 0.5) is 0 Å². The molecule has 0 aliphatic heterocycles. The maximum atomic E-state index is 4.31. The summed E-state index contributed by atoms with van der Waals surface area (Å²) >= 11 is 0. The SMILES string of the molecule is Cc1ccccc1-c1ccncc1C1(C)CC1. The van der Waals surface area contributed by atoms with Crippen LogP contribution in [0.5, 0.6) is 0 Å². The van der Waals surface area contributed by atoms with Gasteiger partial charge >= 0.3 is 0 Å². The van der Waals surface area contributed by atoms with Crippen LogP contribution in [0.3, 0.4) is 0 Å². The number of hydrogen-bond acceptors (Lipinski definition) is 1. The number of aryl methyl sites for hydroxylation is 1. The Morgan fingerprint density at radius 2 is 1.82 bits per heavy atom. The number of rotatable bonds is 2. The molecule has 2 aromatic rings. The molecule has 1 aromatic heterocycles. The number of hydrogen-bond donors (Lipinski definition) is 0. The van der Waals surface area contributed by atoms with Crippen LogP contribution in [0.15, 0.2) is 42.7 Å². The summed E-state index contributed by atoms with van der Waals surface area (Å²) in [5.74, 6) is 0. The molecule has 0 spiro atoms. The Labute approximate surface area is 103 Å². The van der Waals surface area contributed by atoms with Crippen LogP contribution in [-0.4, -0.2) is 4.98 Å². The first-order valence-corrected chi connectivity index (χ1v) is 6.21. The quantitative estimate of drug-likeness (QED) is 0.746. The maximum Gasteiger partial charge on any atom is 0.0311 e. The Balaban J connectivity index is 2.18. The average Bonchev–Trinajstić information content (AvgIpc) is 3.09. The van der Waals surface area contributed by atoms with Crippen LogP contribution in [0.25, 0.3) is 11.1 Å². The van der Waals surface area contributed by atoms with Crippen LogP contribution >= 0.6 is 0 Å². The molecule has 0 atom stereocenters. The zero-order valence-corrected chi connectivity index (χ0v) is 10.4. The van der Waals surface area contributed by atoms with Gasteiger partial charge in [-0.2, -0.15) is 0 Å². The highest BCUT2D eigenvalue weighted by atomic mass is 14.6. The number of benzene rings is 1. The summed E-state index contributed by atoms with van der Waals surface area (Å²) in [5, 5.41) is 0. The van der Waals surface area contributed by atoms with E-state index in [1.807, 2.05) is 6.20 Å². The van der Waals surface area contributed by atoms with Gasteiger partial charge in [-0.3, -0.25) is 4.98 Å². The molecule has 1 aliphatic rings. The van der Waals surface area contributed by atoms with Crippen LogP contribution in [0.1, 0.15) is 30.9 Å². The molecule has 0 saturated heterocycles. The third-order valence-electron chi connectivity index (χ3n) is 3.91. The van der Waals surface area contributed by atoms with Crippen molar-refractivity contribution < 1.29 is 0 Å². The van der Waals surface area contributed by atoms with E-state index in [1.54, 1.807) is 0 Å². The van der Waals surface area contributed by atoms with Gasteiger partial charge in [0.05, 0.1) is 0 Å². The molecule has 3 rings (SSSR count). The van der Waals surface area contributed by atoms with Gasteiger partial charge in [-0.25, -0.2) is 0 Å². The lowest BCUT2D eigenvalue weighted by Gasteiger charge is -2.16. The van der Waals surface area contributed by atoms with E-state index in [0.29, 0.717) is 5.41 Å². The van der Waals surface area contributed by atoms with Gasteiger partial charge in [0, 0.05) is 12.4 Å². The van der Waals surface area contributed by atoms with Crippen molar-refractivity contribution in [3.8, 4) is 11.1 Å². The molecule has 1 aliphatic carbocycles. The number of pyridine rings is 1. The van der Waals surface area contributed by atoms with Crippen molar-refractivity contribution in [2.75, 3.05) is 0 Å². The Bertz CT molecular complexity index is 553. The first-order chi connectivity index (χ1) is 8.21. The molecule has 0 unspecified atom stereocenters. The topological polar surface area (TPSA) is 12.9 Å². The Kier molecular flexibility index (Phi) is 2.29. The zero-order valence-electron chi connectivity index (χ0n) is 10.4. The van der Waals surface area contributed by atoms with Crippen molar-refractivity contribution in [2.45, 2.75) is 32.1 Å². The van der Waals surface area contributed by atoms with E-state index < -0.39 is 0 Å². The molecule has 17 heavy (non-hydrogen) atoms. The molecule has 1 saturated carbocycles. The largest absolute Gasteiger partial charge is 0.264 e. The normalized spacial score (nSPS) is 16.8. The van der Waals surface area contributed by atoms with Crippen LogP contribution in [0, 0.1) is 6.92 Å². The van der Waals surface area contributed by atoms with Crippen LogP contribution in [0.2, 0.25) is 0 Å². The van der Waals surface area contributed by atoms with Crippen molar-refractivity contribution in [2.24, 2.45) is 0 Å². The van der Waals surface area contributed by atoms with Gasteiger partial charge in [0.25, 0.3) is 0 Å². The molecule has 0 N–H and O–H groups in total. The van der Waals surface area contributed by atoms with Crippen LogP contribution < -0.4 is 0 Å². The molecule has 1 heteroatoms. The summed E-state index contributed by atoms with van der Waals surface area (Å²) in [7, 11) is 0. The van der Waals surface area contributed by atoms with E-state index in [-0.39, 0.29) is 0 Å². The summed E-state index contributed by atoms with van der Waals surface area (Å²) in [6.07, 6.45) is 6.53. The van der Waals surface area contributed by atoms with Gasteiger partial charge in [-0.05, 0) is 53.5 Å². The molecular weight excluding hydrogens is 206 g/mol. The highest BCUT2D eigenvalue weighted by Gasteiger charge is 2.40. The van der Waals surface area contributed by atoms with Crippen molar-refractivity contribution in [3.63, 3.8) is 0 Å². The molecule has 1 aromatic carbocycles. The minimum absolute atomic E-state index is 0.367. The highest BCUT2D eigenvalue weighted by molar-refractivity contribution is 5.71. The van der Waals surface area contributed by atoms with Crippen LogP contribution in [-0.2, 0) is 5.41 Å². The Morgan fingerprint density at radius 3 is 2.53 bits per heavy atom. The van der Waals surface area contributed by atoms with Crippen molar-refractivity contribution >= 4 is 0 Å². The predicted octanol–water partition coefficient (Wildman–Crippen LogP) is 4.11. The fourth-order valence-corrected chi connectivity index (χ4v) is 2.44. The third-order valence-corrected chi connectivity index (χ3v) is 3.91. The zero-order chi connectivity index (χ0) is 11.9. The third kappa shape index (κ3) is 1.76. The lowest BCUT2D eigenvalue weighted by molar-refractivity contribution is 0.784. The summed E-state index contributed by atoms with van der Waals surface area (Å²) in [5.41, 5.74) is 5.82. The van der Waals surface area contributed by atoms with Gasteiger partial charge < -0.3 is 0 Å². The standard InChI is InChI=1S/C16H17N/c1-12-5-3-4-6-13(12)14-7-10-17-11-15(14)16(2)8-9-16/h3-7,10-11H,8-9H2,1-2H3. The van der Waals surface area contributed by atoms with E-state index in [1.165, 1.54) is 35.1 Å². The summed E-state index contributed by atoms with van der Waals surface area (Å²) in [6, 6.07) is 10.7. The lowest BCUT2D eigenvalue weighted by atomic mass is 9.89. The van der Waals surface area contributed by atoms with E-state index >= 15 is 0 Å². The van der Waals surface area contributed by atoms with Gasteiger partial charge in [0.1, 0.15) is 0 Å². The minimum Gasteiger partial charge on any atom is -0.264 e. The minimum atomic E-state index is 0.367. The molecule has 1 fully saturated rings. The molecule has 0 amide bonds. The number of nitrogens with zero attached hydrogens (tertiary/aromatic N) is 1. The van der Waals surface area contributed by atoms with Crippen molar-refractivity contribution in [1.29, 1.82) is 0 Å². The first kappa shape index (κ1) is 10.5. The van der Waals surface area contributed by atoms with Gasteiger partial charge in [0.2, 0.25) is 0 Å². The number of aromatic nitrogens is 1. The molecule has 1 heterocycles. The summed E-state index contributed by atoms with van der Waals surface area (Å²) < 4.78 is 0.